The molecule has 0 atom stereocenters. The van der Waals surface area contributed by atoms with Gasteiger partial charge in [-0.25, -0.2) is 9.37 Å². The number of aromatic nitrogens is 2. The van der Waals surface area contributed by atoms with Crippen molar-refractivity contribution in [2.45, 2.75) is 13.8 Å². The van der Waals surface area contributed by atoms with Crippen LogP contribution in [0.1, 0.15) is 11.5 Å². The van der Waals surface area contributed by atoms with Crippen LogP contribution in [0, 0.1) is 19.7 Å². The molecule has 0 saturated carbocycles. The SMILES string of the molecule is Cc1cc(=O)n(-c2ccc(F)c(N3CCOCC3)c2)c(C)n1. The van der Waals surface area contributed by atoms with Crippen LogP contribution in [-0.2, 0) is 4.74 Å². The minimum Gasteiger partial charge on any atom is -0.378 e. The summed E-state index contributed by atoms with van der Waals surface area (Å²) < 4.78 is 20.9. The molecule has 0 bridgehead atoms. The van der Waals surface area contributed by atoms with Crippen molar-refractivity contribution >= 4 is 5.69 Å². The van der Waals surface area contributed by atoms with Gasteiger partial charge >= 0.3 is 0 Å². The number of hydrogen-bond acceptors (Lipinski definition) is 4. The van der Waals surface area contributed by atoms with Crippen LogP contribution in [0.25, 0.3) is 5.69 Å². The molecular weight excluding hydrogens is 285 g/mol. The highest BCUT2D eigenvalue weighted by atomic mass is 19.1. The van der Waals surface area contributed by atoms with Crippen molar-refractivity contribution in [3.8, 4) is 5.69 Å². The summed E-state index contributed by atoms with van der Waals surface area (Å²) in [4.78, 5) is 18.5. The Bertz CT molecular complexity index is 752. The highest BCUT2D eigenvalue weighted by Gasteiger charge is 2.17. The summed E-state index contributed by atoms with van der Waals surface area (Å²) >= 11 is 0. The van der Waals surface area contributed by atoms with Gasteiger partial charge in [0, 0.05) is 24.8 Å². The number of nitrogens with zero attached hydrogens (tertiary/aromatic N) is 3. The molecule has 0 N–H and O–H groups in total. The number of ether oxygens (including phenoxy) is 1. The van der Waals surface area contributed by atoms with Crippen LogP contribution < -0.4 is 10.5 Å². The van der Waals surface area contributed by atoms with E-state index in [1.165, 1.54) is 16.7 Å². The van der Waals surface area contributed by atoms with Crippen LogP contribution in [0.15, 0.2) is 29.1 Å². The molecule has 116 valence electrons. The van der Waals surface area contributed by atoms with E-state index in [4.69, 9.17) is 4.74 Å². The zero-order chi connectivity index (χ0) is 15.7. The highest BCUT2D eigenvalue weighted by Crippen LogP contribution is 2.23. The number of rotatable bonds is 2. The molecule has 2 heterocycles. The van der Waals surface area contributed by atoms with Crippen LogP contribution in [0.2, 0.25) is 0 Å². The standard InChI is InChI=1S/C16H18FN3O2/c1-11-9-16(21)20(12(2)18-11)13-3-4-14(17)15(10-13)19-5-7-22-8-6-19/h3-4,9-10H,5-8H2,1-2H3. The zero-order valence-electron chi connectivity index (χ0n) is 12.7. The largest absolute Gasteiger partial charge is 0.378 e. The lowest BCUT2D eigenvalue weighted by atomic mass is 10.2. The molecule has 1 saturated heterocycles. The van der Waals surface area contributed by atoms with Crippen LogP contribution in [-0.4, -0.2) is 35.9 Å². The molecule has 2 aromatic rings. The Labute approximate surface area is 128 Å². The molecule has 0 amide bonds. The quantitative estimate of drug-likeness (QED) is 0.849. The van der Waals surface area contributed by atoms with Crippen molar-refractivity contribution in [1.29, 1.82) is 0 Å². The summed E-state index contributed by atoms with van der Waals surface area (Å²) in [5.74, 6) is 0.293. The van der Waals surface area contributed by atoms with Crippen molar-refractivity contribution in [1.82, 2.24) is 9.55 Å². The summed E-state index contributed by atoms with van der Waals surface area (Å²) in [5, 5.41) is 0. The summed E-state index contributed by atoms with van der Waals surface area (Å²) in [5.41, 5.74) is 1.63. The fourth-order valence-electron chi connectivity index (χ4n) is 2.74. The highest BCUT2D eigenvalue weighted by molar-refractivity contribution is 5.55. The second-order valence-electron chi connectivity index (χ2n) is 5.35. The van der Waals surface area contributed by atoms with E-state index in [-0.39, 0.29) is 11.4 Å². The molecule has 1 aromatic carbocycles. The van der Waals surface area contributed by atoms with E-state index < -0.39 is 0 Å². The summed E-state index contributed by atoms with van der Waals surface area (Å²) in [6.45, 7) is 5.99. The molecule has 0 radical (unpaired) electrons. The molecule has 1 aliphatic rings. The molecule has 22 heavy (non-hydrogen) atoms. The molecule has 1 aliphatic heterocycles. The lowest BCUT2D eigenvalue weighted by molar-refractivity contribution is 0.122. The second-order valence-corrected chi connectivity index (χ2v) is 5.35. The third-order valence-electron chi connectivity index (χ3n) is 3.75. The van der Waals surface area contributed by atoms with Crippen LogP contribution in [0.3, 0.4) is 0 Å². The average molecular weight is 303 g/mol. The fraction of sp³-hybridized carbons (Fsp3) is 0.375. The predicted octanol–water partition coefficient (Wildman–Crippen LogP) is 1.83. The van der Waals surface area contributed by atoms with Gasteiger partial charge in [0.1, 0.15) is 11.6 Å². The van der Waals surface area contributed by atoms with Crippen molar-refractivity contribution in [3.63, 3.8) is 0 Å². The number of halogens is 1. The summed E-state index contributed by atoms with van der Waals surface area (Å²) in [6.07, 6.45) is 0. The van der Waals surface area contributed by atoms with Crippen LogP contribution in [0.4, 0.5) is 10.1 Å². The molecule has 6 heteroatoms. The first-order valence-corrected chi connectivity index (χ1v) is 7.26. The number of aryl methyl sites for hydroxylation is 2. The maximum absolute atomic E-state index is 14.1. The van der Waals surface area contributed by atoms with E-state index in [0.717, 1.165) is 0 Å². The first kappa shape index (κ1) is 14.7. The molecule has 5 nitrogen and oxygen atoms in total. The van der Waals surface area contributed by atoms with E-state index in [9.17, 15) is 9.18 Å². The first-order chi connectivity index (χ1) is 10.6. The van der Waals surface area contributed by atoms with E-state index in [1.54, 1.807) is 26.0 Å². The molecule has 0 aliphatic carbocycles. The van der Waals surface area contributed by atoms with Gasteiger partial charge in [-0.2, -0.15) is 0 Å². The molecule has 1 aromatic heterocycles. The van der Waals surface area contributed by atoms with E-state index >= 15 is 0 Å². The van der Waals surface area contributed by atoms with E-state index in [0.29, 0.717) is 49.2 Å². The molecule has 0 unspecified atom stereocenters. The summed E-state index contributed by atoms with van der Waals surface area (Å²) in [7, 11) is 0. The van der Waals surface area contributed by atoms with Gasteiger partial charge in [-0.05, 0) is 32.0 Å². The molecule has 0 spiro atoms. The third kappa shape index (κ3) is 2.74. The monoisotopic (exact) mass is 303 g/mol. The smallest absolute Gasteiger partial charge is 0.258 e. The van der Waals surface area contributed by atoms with Crippen molar-refractivity contribution < 1.29 is 9.13 Å². The van der Waals surface area contributed by atoms with Gasteiger partial charge < -0.3 is 9.64 Å². The van der Waals surface area contributed by atoms with Crippen molar-refractivity contribution in [2.24, 2.45) is 0 Å². The summed E-state index contributed by atoms with van der Waals surface area (Å²) in [6, 6.07) is 6.17. The Kier molecular flexibility index (Phi) is 3.94. The Balaban J connectivity index is 2.08. The number of anilines is 1. The molecule has 3 rings (SSSR count). The Morgan fingerprint density at radius 1 is 1.18 bits per heavy atom. The second kappa shape index (κ2) is 5.88. The zero-order valence-corrected chi connectivity index (χ0v) is 12.7. The predicted molar refractivity (Wildman–Crippen MR) is 82.3 cm³/mol. The number of morpholine rings is 1. The van der Waals surface area contributed by atoms with Crippen molar-refractivity contribution in [2.75, 3.05) is 31.2 Å². The van der Waals surface area contributed by atoms with Gasteiger partial charge in [0.2, 0.25) is 0 Å². The lowest BCUT2D eigenvalue weighted by Crippen LogP contribution is -2.36. The lowest BCUT2D eigenvalue weighted by Gasteiger charge is -2.29. The Morgan fingerprint density at radius 3 is 2.59 bits per heavy atom. The molecule has 1 fully saturated rings. The minimum absolute atomic E-state index is 0.162. The van der Waals surface area contributed by atoms with Crippen molar-refractivity contribution in [3.05, 3.63) is 52.0 Å². The maximum atomic E-state index is 14.1. The first-order valence-electron chi connectivity index (χ1n) is 7.26. The maximum Gasteiger partial charge on any atom is 0.258 e. The van der Waals surface area contributed by atoms with Gasteiger partial charge in [0.05, 0.1) is 24.6 Å². The normalized spacial score (nSPS) is 15.1. The van der Waals surface area contributed by atoms with E-state index in [1.807, 2.05) is 4.90 Å². The Hall–Kier alpha value is -2.21. The van der Waals surface area contributed by atoms with Gasteiger partial charge in [-0.1, -0.05) is 0 Å². The minimum atomic E-state index is -0.295. The van der Waals surface area contributed by atoms with Gasteiger partial charge in [0.25, 0.3) is 5.56 Å². The van der Waals surface area contributed by atoms with Gasteiger partial charge in [-0.3, -0.25) is 9.36 Å². The van der Waals surface area contributed by atoms with Crippen LogP contribution >= 0.6 is 0 Å². The topological polar surface area (TPSA) is 47.4 Å². The van der Waals surface area contributed by atoms with Gasteiger partial charge in [-0.15, -0.1) is 0 Å². The average Bonchev–Trinajstić information content (AvgIpc) is 2.49. The van der Waals surface area contributed by atoms with Crippen LogP contribution in [0.5, 0.6) is 0 Å². The van der Waals surface area contributed by atoms with Gasteiger partial charge in [0.15, 0.2) is 0 Å². The molecular formula is C16H18FN3O2. The fourth-order valence-corrected chi connectivity index (χ4v) is 2.74. The number of hydrogen-bond donors (Lipinski definition) is 0. The van der Waals surface area contributed by atoms with E-state index in [2.05, 4.69) is 4.98 Å². The third-order valence-corrected chi connectivity index (χ3v) is 3.75. The number of benzene rings is 1. The Morgan fingerprint density at radius 2 is 1.91 bits per heavy atom.